The Morgan fingerprint density at radius 2 is 1.11 bits per heavy atom. The third-order valence-corrected chi connectivity index (χ3v) is 13.3. The minimum absolute atomic E-state index is 0.768. The summed E-state index contributed by atoms with van der Waals surface area (Å²) in [4.78, 5) is 10.7. The Bertz CT molecular complexity index is 1170. The van der Waals surface area contributed by atoms with Crippen LogP contribution in [0.15, 0.2) is 75.6 Å². The van der Waals surface area contributed by atoms with Gasteiger partial charge in [0.05, 0.1) is 26.8 Å². The molecular formula is C28H26N2S6. The number of allylic oxidation sites excluding steroid dienone is 2. The van der Waals surface area contributed by atoms with Crippen LogP contribution in [-0.2, 0) is 0 Å². The molecule has 0 unspecified atom stereocenters. The van der Waals surface area contributed by atoms with Gasteiger partial charge < -0.3 is 0 Å². The third-order valence-electron chi connectivity index (χ3n) is 4.70. The molecule has 0 aromatic carbocycles. The van der Waals surface area contributed by atoms with E-state index in [1.807, 2.05) is 83.4 Å². The highest BCUT2D eigenvalue weighted by Crippen LogP contribution is 2.63. The second-order valence-electron chi connectivity index (χ2n) is 7.55. The number of hydrogen-bond donors (Lipinski definition) is 0. The first-order valence-corrected chi connectivity index (χ1v) is 17.1. The zero-order valence-corrected chi connectivity index (χ0v) is 25.1. The van der Waals surface area contributed by atoms with Gasteiger partial charge in [0.25, 0.3) is 0 Å². The molecule has 2 aliphatic heterocycles. The van der Waals surface area contributed by atoms with Gasteiger partial charge in [0.2, 0.25) is 0 Å². The molecule has 0 aliphatic carbocycles. The zero-order chi connectivity index (χ0) is 25.0. The molecule has 0 bridgehead atoms. The highest BCUT2D eigenvalue weighted by atomic mass is 32.3. The predicted molar refractivity (Wildman–Crippen MR) is 168 cm³/mol. The molecule has 2 aliphatic rings. The second-order valence-corrected chi connectivity index (χ2v) is 14.9. The molecule has 2 aromatic heterocycles. The van der Waals surface area contributed by atoms with Gasteiger partial charge in [0.15, 0.2) is 0 Å². The van der Waals surface area contributed by atoms with Crippen molar-refractivity contribution in [2.45, 2.75) is 39.5 Å². The van der Waals surface area contributed by atoms with Crippen LogP contribution in [0.1, 0.15) is 50.9 Å². The number of rotatable bonds is 8. The van der Waals surface area contributed by atoms with Crippen molar-refractivity contribution in [1.82, 2.24) is 9.97 Å². The van der Waals surface area contributed by atoms with Gasteiger partial charge in [-0.25, -0.2) is 9.97 Å². The van der Waals surface area contributed by atoms with E-state index in [1.54, 1.807) is 35.9 Å². The van der Waals surface area contributed by atoms with Crippen molar-refractivity contribution < 1.29 is 0 Å². The van der Waals surface area contributed by atoms with E-state index in [-0.39, 0.29) is 0 Å². The van der Waals surface area contributed by atoms with E-state index in [1.165, 1.54) is 54.1 Å². The Balaban J connectivity index is 1.57. The van der Waals surface area contributed by atoms with Crippen LogP contribution < -0.4 is 0 Å². The lowest BCUT2D eigenvalue weighted by Gasteiger charge is -2.03. The van der Waals surface area contributed by atoms with Gasteiger partial charge in [-0.3, -0.25) is 0 Å². The minimum Gasteiger partial charge on any atom is -0.248 e. The molecule has 4 heterocycles. The van der Waals surface area contributed by atoms with Crippen molar-refractivity contribution in [1.29, 1.82) is 0 Å². The van der Waals surface area contributed by atoms with Gasteiger partial charge in [-0.1, -0.05) is 97.7 Å². The maximum atomic E-state index is 4.35. The van der Waals surface area contributed by atoms with Gasteiger partial charge in [0, 0.05) is 12.4 Å². The lowest BCUT2D eigenvalue weighted by atomic mass is 10.3. The van der Waals surface area contributed by atoms with Crippen molar-refractivity contribution >= 4 is 70.6 Å². The van der Waals surface area contributed by atoms with Crippen molar-refractivity contribution in [3.05, 3.63) is 86.9 Å². The van der Waals surface area contributed by atoms with Crippen LogP contribution in [0.4, 0.5) is 0 Å². The Hall–Kier alpha value is -1.26. The van der Waals surface area contributed by atoms with Crippen LogP contribution >= 0.6 is 70.6 Å². The molecular weight excluding hydrogens is 557 g/mol. The molecule has 36 heavy (non-hydrogen) atoms. The average Bonchev–Trinajstić information content (AvgIpc) is 3.52. The van der Waals surface area contributed by atoms with Gasteiger partial charge in [-0.2, -0.15) is 0 Å². The summed E-state index contributed by atoms with van der Waals surface area (Å²) in [6.07, 6.45) is 8.52. The lowest BCUT2D eigenvalue weighted by Crippen LogP contribution is -1.80. The highest BCUT2D eigenvalue weighted by molar-refractivity contribution is 8.42. The van der Waals surface area contributed by atoms with E-state index < -0.39 is 0 Å². The van der Waals surface area contributed by atoms with Crippen LogP contribution in [0, 0.1) is 23.7 Å². The fourth-order valence-electron chi connectivity index (χ4n) is 2.81. The van der Waals surface area contributed by atoms with E-state index >= 15 is 0 Å². The molecule has 0 fully saturated rings. The number of nitrogens with zero attached hydrogens (tertiary/aromatic N) is 2. The first kappa shape index (κ1) is 27.8. The van der Waals surface area contributed by atoms with Crippen LogP contribution in [0.3, 0.4) is 0 Å². The molecule has 8 heteroatoms. The summed E-state index contributed by atoms with van der Waals surface area (Å²) in [5.74, 6) is 15.5. The fraction of sp³-hybridized carbons (Fsp3) is 0.286. The summed E-state index contributed by atoms with van der Waals surface area (Å²) in [6.45, 7) is 4.52. The highest BCUT2D eigenvalue weighted by Gasteiger charge is 2.29. The first-order chi connectivity index (χ1) is 17.8. The van der Waals surface area contributed by atoms with Gasteiger partial charge in [-0.15, -0.1) is 23.5 Å². The molecule has 0 atom stereocenters. The third kappa shape index (κ3) is 8.38. The van der Waals surface area contributed by atoms with Crippen LogP contribution in [0.2, 0.25) is 0 Å². The summed E-state index contributed by atoms with van der Waals surface area (Å²) in [5, 5.41) is 0. The summed E-state index contributed by atoms with van der Waals surface area (Å²) in [7, 11) is 0. The van der Waals surface area contributed by atoms with Crippen LogP contribution in [-0.4, -0.2) is 21.5 Å². The summed E-state index contributed by atoms with van der Waals surface area (Å²) in [5.41, 5.74) is 1.54. The molecule has 2 nitrogen and oxygen atoms in total. The molecule has 0 saturated heterocycles. The summed E-state index contributed by atoms with van der Waals surface area (Å²) in [6, 6.07) is 11.6. The predicted octanol–water partition coefficient (Wildman–Crippen LogP) is 9.37. The number of hydrogen-bond acceptors (Lipinski definition) is 8. The Labute approximate surface area is 240 Å². The minimum atomic E-state index is 0.768. The Morgan fingerprint density at radius 3 is 1.53 bits per heavy atom. The molecule has 0 spiro atoms. The zero-order valence-electron chi connectivity index (χ0n) is 20.2. The second kappa shape index (κ2) is 15.2. The molecule has 2 aromatic rings. The molecule has 0 amide bonds. The lowest BCUT2D eigenvalue weighted by molar-refractivity contribution is 0.897. The molecule has 4 rings (SSSR count). The fourth-order valence-corrected chi connectivity index (χ4v) is 11.6. The van der Waals surface area contributed by atoms with E-state index in [4.69, 9.17) is 0 Å². The quantitative estimate of drug-likeness (QED) is 0.224. The number of unbranched alkanes of at least 4 members (excludes halogenated alkanes) is 2. The number of aromatic nitrogens is 2. The smallest absolute Gasteiger partial charge is 0.113 e. The maximum absolute atomic E-state index is 4.35. The molecule has 0 saturated carbocycles. The van der Waals surface area contributed by atoms with Gasteiger partial charge in [-0.05, 0) is 60.5 Å². The SMILES string of the molecule is CCCCSC1=C(SCCCC)SC(=C2SC(C#Cc3ccccn3)=C(C#Cc3ccccn3)S2)S1. The van der Waals surface area contributed by atoms with Gasteiger partial charge >= 0.3 is 0 Å². The number of pyridine rings is 2. The molecule has 0 radical (unpaired) electrons. The number of thioether (sulfide) groups is 6. The largest absolute Gasteiger partial charge is 0.248 e. The van der Waals surface area contributed by atoms with Crippen LogP contribution in [0.25, 0.3) is 0 Å². The average molecular weight is 583 g/mol. The van der Waals surface area contributed by atoms with E-state index in [9.17, 15) is 0 Å². The van der Waals surface area contributed by atoms with Crippen LogP contribution in [0.5, 0.6) is 0 Å². The van der Waals surface area contributed by atoms with Crippen molar-refractivity contribution in [3.8, 4) is 23.7 Å². The normalized spacial score (nSPS) is 15.2. The molecule has 184 valence electrons. The first-order valence-electron chi connectivity index (χ1n) is 11.8. The molecule has 0 N–H and O–H groups in total. The monoisotopic (exact) mass is 582 g/mol. The van der Waals surface area contributed by atoms with E-state index in [2.05, 4.69) is 47.5 Å². The Kier molecular flexibility index (Phi) is 11.7. The van der Waals surface area contributed by atoms with Crippen molar-refractivity contribution in [2.75, 3.05) is 11.5 Å². The van der Waals surface area contributed by atoms with E-state index in [0.717, 1.165) is 21.2 Å². The van der Waals surface area contributed by atoms with Gasteiger partial charge in [0.1, 0.15) is 11.4 Å². The maximum Gasteiger partial charge on any atom is 0.113 e. The van der Waals surface area contributed by atoms with E-state index in [0.29, 0.717) is 0 Å². The summed E-state index contributed by atoms with van der Waals surface area (Å²) >= 11 is 11.4. The topological polar surface area (TPSA) is 25.8 Å². The van der Waals surface area contributed by atoms with Crippen molar-refractivity contribution in [3.63, 3.8) is 0 Å². The standard InChI is InChI=1S/C28H26N2S6/c1-3-5-19-31-25-26(32-20-6-4-2)36-28(35-25)27-33-23(15-13-21-11-7-9-17-29-21)24(34-27)16-14-22-12-8-10-18-30-22/h7-12,17-18H,3-6,19-20H2,1-2H3. The van der Waals surface area contributed by atoms with Crippen molar-refractivity contribution in [2.24, 2.45) is 0 Å². The summed E-state index contributed by atoms with van der Waals surface area (Å²) < 4.78 is 5.56. The Morgan fingerprint density at radius 1 is 0.639 bits per heavy atom.